The van der Waals surface area contributed by atoms with Crippen LogP contribution in [0.25, 0.3) is 11.1 Å². The number of aromatic hydroxyl groups is 1. The molecular weight excluding hydrogens is 244 g/mol. The van der Waals surface area contributed by atoms with Gasteiger partial charge in [-0.3, -0.25) is 0 Å². The van der Waals surface area contributed by atoms with Crippen molar-refractivity contribution in [2.45, 2.75) is 0 Å². The van der Waals surface area contributed by atoms with Crippen molar-refractivity contribution in [2.24, 2.45) is 0 Å². The maximum absolute atomic E-state index is 9.56. The molecule has 0 heterocycles. The Labute approximate surface area is 110 Å². The number of hydrogen-bond donors (Lipinski definition) is 1. The molecule has 18 heavy (non-hydrogen) atoms. The highest BCUT2D eigenvalue weighted by molar-refractivity contribution is 6.17. The van der Waals surface area contributed by atoms with Gasteiger partial charge in [-0.05, 0) is 11.6 Å². The lowest BCUT2D eigenvalue weighted by Gasteiger charge is -2.02. The van der Waals surface area contributed by atoms with E-state index in [1.54, 1.807) is 20.3 Å². The highest BCUT2D eigenvalue weighted by Crippen LogP contribution is 2.27. The molecule has 1 N–H and O–H groups in total. The minimum atomic E-state index is -0.568. The molecule has 0 radical (unpaired) electrons. The quantitative estimate of drug-likeness (QED) is 0.863. The summed E-state index contributed by atoms with van der Waals surface area (Å²) in [4.78, 5) is 0. The van der Waals surface area contributed by atoms with Gasteiger partial charge in [0.05, 0.1) is 0 Å². The Morgan fingerprint density at radius 3 is 1.89 bits per heavy atom. The number of hydrogen-bond acceptors (Lipinski definition) is 3. The van der Waals surface area contributed by atoms with Crippen LogP contribution in [0.4, 0.5) is 0 Å². The van der Waals surface area contributed by atoms with Crippen molar-refractivity contribution in [3.63, 3.8) is 0 Å². The van der Waals surface area contributed by atoms with Gasteiger partial charge in [0.1, 0.15) is 5.75 Å². The molecule has 0 bridgehead atoms. The third-order valence-electron chi connectivity index (χ3n) is 2.22. The summed E-state index contributed by atoms with van der Waals surface area (Å²) in [7, 11) is 2.73. The average Bonchev–Trinajstić information content (AvgIpc) is 2.42. The summed E-state index contributed by atoms with van der Waals surface area (Å²) in [5.41, 5.74) is 1.92. The highest BCUT2D eigenvalue weighted by atomic mass is 28.3. The van der Waals surface area contributed by atoms with Gasteiger partial charge in [0.2, 0.25) is 0 Å². The molecule has 4 heteroatoms. The Morgan fingerprint density at radius 1 is 0.833 bits per heavy atom. The van der Waals surface area contributed by atoms with E-state index in [2.05, 4.69) is 8.85 Å². The SMILES string of the molecule is CO[SiH2]OC.Oc1ccccc1-c1ccccc1. The second-order valence-corrected chi connectivity index (χ2v) is 4.97. The minimum absolute atomic E-state index is 0.328. The van der Waals surface area contributed by atoms with E-state index in [1.165, 1.54) is 0 Å². The molecule has 0 aliphatic carbocycles. The van der Waals surface area contributed by atoms with Gasteiger partial charge >= 0.3 is 10.0 Å². The van der Waals surface area contributed by atoms with Gasteiger partial charge in [0, 0.05) is 19.8 Å². The molecule has 0 atom stereocenters. The first-order valence-corrected chi connectivity index (χ1v) is 6.76. The molecule has 2 aromatic rings. The zero-order chi connectivity index (χ0) is 13.2. The summed E-state index contributed by atoms with van der Waals surface area (Å²) in [6.45, 7) is 0. The minimum Gasteiger partial charge on any atom is -0.507 e. The lowest BCUT2D eigenvalue weighted by atomic mass is 10.1. The molecule has 3 nitrogen and oxygen atoms in total. The van der Waals surface area contributed by atoms with Gasteiger partial charge in [-0.15, -0.1) is 0 Å². The van der Waals surface area contributed by atoms with Crippen LogP contribution in [0.2, 0.25) is 0 Å². The van der Waals surface area contributed by atoms with Crippen LogP contribution < -0.4 is 0 Å². The molecule has 2 rings (SSSR count). The number of para-hydroxylation sites is 1. The van der Waals surface area contributed by atoms with E-state index in [0.717, 1.165) is 11.1 Å². The molecule has 0 amide bonds. The molecule has 2 aromatic carbocycles. The van der Waals surface area contributed by atoms with E-state index in [9.17, 15) is 5.11 Å². The van der Waals surface area contributed by atoms with Crippen LogP contribution in [-0.2, 0) is 8.85 Å². The van der Waals surface area contributed by atoms with Crippen molar-refractivity contribution in [2.75, 3.05) is 14.2 Å². The Bertz CT molecular complexity index is 444. The number of benzene rings is 2. The van der Waals surface area contributed by atoms with Crippen LogP contribution in [0, 0.1) is 0 Å². The van der Waals surface area contributed by atoms with Crippen molar-refractivity contribution < 1.29 is 14.0 Å². The van der Waals surface area contributed by atoms with Crippen LogP contribution >= 0.6 is 0 Å². The lowest BCUT2D eigenvalue weighted by Crippen LogP contribution is -1.93. The third-order valence-corrected chi connectivity index (χ3v) is 2.70. The molecule has 0 spiro atoms. The molecule has 0 saturated heterocycles. The van der Waals surface area contributed by atoms with Gasteiger partial charge in [-0.25, -0.2) is 0 Å². The molecule has 0 fully saturated rings. The molecular formula is C14H18O3Si. The number of phenolic OH excluding ortho intramolecular Hbond substituents is 1. The number of phenols is 1. The fraction of sp³-hybridized carbons (Fsp3) is 0.143. The van der Waals surface area contributed by atoms with E-state index in [1.807, 2.05) is 48.5 Å². The van der Waals surface area contributed by atoms with Crippen LogP contribution in [-0.4, -0.2) is 29.3 Å². The summed E-state index contributed by atoms with van der Waals surface area (Å²) >= 11 is 0. The van der Waals surface area contributed by atoms with Crippen molar-refractivity contribution in [1.82, 2.24) is 0 Å². The molecule has 0 saturated carbocycles. The van der Waals surface area contributed by atoms with Crippen LogP contribution in [0.5, 0.6) is 5.75 Å². The Hall–Kier alpha value is -1.62. The summed E-state index contributed by atoms with van der Waals surface area (Å²) in [6.07, 6.45) is 0. The molecule has 0 aliphatic rings. The third kappa shape index (κ3) is 4.71. The maximum Gasteiger partial charge on any atom is 0.303 e. The maximum atomic E-state index is 9.56. The second-order valence-electron chi connectivity index (χ2n) is 3.58. The smallest absolute Gasteiger partial charge is 0.303 e. The Morgan fingerprint density at radius 2 is 1.39 bits per heavy atom. The van der Waals surface area contributed by atoms with Crippen molar-refractivity contribution in [1.29, 1.82) is 0 Å². The van der Waals surface area contributed by atoms with Crippen LogP contribution in [0.1, 0.15) is 0 Å². The van der Waals surface area contributed by atoms with E-state index < -0.39 is 10.0 Å². The predicted molar refractivity (Wildman–Crippen MR) is 76.1 cm³/mol. The van der Waals surface area contributed by atoms with Crippen molar-refractivity contribution >= 4 is 10.0 Å². The predicted octanol–water partition coefficient (Wildman–Crippen LogP) is 2.34. The number of rotatable bonds is 3. The lowest BCUT2D eigenvalue weighted by molar-refractivity contribution is 0.309. The fourth-order valence-corrected chi connectivity index (χ4v) is 1.69. The van der Waals surface area contributed by atoms with E-state index in [-0.39, 0.29) is 0 Å². The first-order valence-electron chi connectivity index (χ1n) is 5.61. The fourth-order valence-electron chi connectivity index (χ4n) is 1.45. The van der Waals surface area contributed by atoms with Gasteiger partial charge < -0.3 is 14.0 Å². The largest absolute Gasteiger partial charge is 0.507 e. The van der Waals surface area contributed by atoms with Crippen molar-refractivity contribution in [3.05, 3.63) is 54.6 Å². The molecule has 0 aliphatic heterocycles. The standard InChI is InChI=1S/C12H10O.C2H8O2Si/c13-12-9-5-4-8-11(12)10-6-2-1-3-7-10;1-3-5-4-2/h1-9,13H;5H2,1-2H3. The van der Waals surface area contributed by atoms with Gasteiger partial charge in [-0.1, -0.05) is 48.5 Å². The topological polar surface area (TPSA) is 38.7 Å². The van der Waals surface area contributed by atoms with Crippen molar-refractivity contribution in [3.8, 4) is 16.9 Å². The van der Waals surface area contributed by atoms with Gasteiger partial charge in [0.15, 0.2) is 0 Å². The van der Waals surface area contributed by atoms with E-state index >= 15 is 0 Å². The van der Waals surface area contributed by atoms with Crippen LogP contribution in [0.15, 0.2) is 54.6 Å². The highest BCUT2D eigenvalue weighted by Gasteiger charge is 2.00. The summed E-state index contributed by atoms with van der Waals surface area (Å²) in [5, 5.41) is 9.56. The monoisotopic (exact) mass is 262 g/mol. The zero-order valence-electron chi connectivity index (χ0n) is 10.7. The summed E-state index contributed by atoms with van der Waals surface area (Å²) in [5.74, 6) is 0.328. The van der Waals surface area contributed by atoms with Gasteiger partial charge in [-0.2, -0.15) is 0 Å². The zero-order valence-corrected chi connectivity index (χ0v) is 12.1. The Balaban J connectivity index is 0.000000280. The summed E-state index contributed by atoms with van der Waals surface area (Å²) in [6, 6.07) is 17.2. The first-order chi connectivity index (χ1) is 8.79. The molecule has 96 valence electrons. The van der Waals surface area contributed by atoms with Gasteiger partial charge in [0.25, 0.3) is 0 Å². The van der Waals surface area contributed by atoms with Crippen LogP contribution in [0.3, 0.4) is 0 Å². The Kier molecular flexibility index (Phi) is 6.79. The summed E-state index contributed by atoms with van der Waals surface area (Å²) < 4.78 is 9.22. The average molecular weight is 262 g/mol. The normalized spacial score (nSPS) is 9.44. The first kappa shape index (κ1) is 14.4. The molecule has 0 unspecified atom stereocenters. The second kappa shape index (κ2) is 8.47. The van der Waals surface area contributed by atoms with E-state index in [0.29, 0.717) is 5.75 Å². The molecule has 0 aromatic heterocycles. The van der Waals surface area contributed by atoms with E-state index in [4.69, 9.17) is 0 Å².